The molecule has 0 aromatic carbocycles. The molecule has 0 saturated heterocycles. The fourth-order valence-corrected chi connectivity index (χ4v) is 0.975. The second-order valence-electron chi connectivity index (χ2n) is 3.40. The first kappa shape index (κ1) is 16.8. The van der Waals surface area contributed by atoms with Gasteiger partial charge < -0.3 is 31.9 Å². The van der Waals surface area contributed by atoms with Crippen molar-refractivity contribution in [2.45, 2.75) is 6.04 Å². The van der Waals surface area contributed by atoms with Gasteiger partial charge in [0.05, 0.1) is 19.7 Å². The van der Waals surface area contributed by atoms with Gasteiger partial charge in [0.1, 0.15) is 12.6 Å². The van der Waals surface area contributed by atoms with E-state index in [1.54, 1.807) is 0 Å². The number of carboxylic acid groups (broad SMARTS) is 1. The number of aliphatic hydroxyl groups excluding tert-OH is 1. The maximum Gasteiger partial charge on any atom is 0.322 e. The number of nitrogens with two attached hydrogens (primary N) is 1. The SMILES string of the molecule is NCC(=O)NC(CO)C(=O)NCC(=O)NCC(=O)O. The molecule has 0 rings (SSSR count). The highest BCUT2D eigenvalue weighted by atomic mass is 16.4. The summed E-state index contributed by atoms with van der Waals surface area (Å²) in [5.74, 6) is -3.35. The molecule has 1 atom stereocenters. The third kappa shape index (κ3) is 7.68. The Morgan fingerprint density at radius 3 is 2.16 bits per heavy atom. The van der Waals surface area contributed by atoms with Crippen LogP contribution in [0.25, 0.3) is 0 Å². The van der Waals surface area contributed by atoms with Crippen molar-refractivity contribution in [1.82, 2.24) is 16.0 Å². The van der Waals surface area contributed by atoms with Gasteiger partial charge in [-0.05, 0) is 0 Å². The maximum absolute atomic E-state index is 11.4. The van der Waals surface area contributed by atoms with E-state index in [9.17, 15) is 19.2 Å². The van der Waals surface area contributed by atoms with E-state index in [1.165, 1.54) is 0 Å². The Morgan fingerprint density at radius 2 is 1.68 bits per heavy atom. The standard InChI is InChI=1S/C9H16N4O6/c10-1-6(15)13-5(4-14)9(19)12-2-7(16)11-3-8(17)18/h5,14H,1-4,10H2,(H,11,16)(H,12,19)(H,13,15)(H,17,18). The number of rotatable bonds is 8. The van der Waals surface area contributed by atoms with Crippen molar-refractivity contribution in [3.8, 4) is 0 Å². The van der Waals surface area contributed by atoms with E-state index < -0.39 is 49.4 Å². The molecule has 0 heterocycles. The second-order valence-corrected chi connectivity index (χ2v) is 3.40. The normalized spacial score (nSPS) is 11.3. The van der Waals surface area contributed by atoms with Crippen LogP contribution in [-0.2, 0) is 19.2 Å². The van der Waals surface area contributed by atoms with Gasteiger partial charge in [-0.3, -0.25) is 19.2 Å². The van der Waals surface area contributed by atoms with Crippen molar-refractivity contribution >= 4 is 23.7 Å². The highest BCUT2D eigenvalue weighted by Crippen LogP contribution is 1.83. The highest BCUT2D eigenvalue weighted by Gasteiger charge is 2.19. The average molecular weight is 276 g/mol. The molecule has 1 unspecified atom stereocenters. The topological polar surface area (TPSA) is 171 Å². The molecule has 0 aliphatic rings. The molecule has 108 valence electrons. The average Bonchev–Trinajstić information content (AvgIpc) is 2.39. The van der Waals surface area contributed by atoms with Gasteiger partial charge in [0.2, 0.25) is 17.7 Å². The minimum atomic E-state index is -1.22. The largest absolute Gasteiger partial charge is 0.480 e. The monoisotopic (exact) mass is 276 g/mol. The third-order valence-electron chi connectivity index (χ3n) is 1.88. The number of aliphatic carboxylic acids is 1. The summed E-state index contributed by atoms with van der Waals surface area (Å²) in [5.41, 5.74) is 5.02. The van der Waals surface area contributed by atoms with Crippen LogP contribution in [0.4, 0.5) is 0 Å². The van der Waals surface area contributed by atoms with Crippen molar-refractivity contribution < 1.29 is 29.4 Å². The van der Waals surface area contributed by atoms with Gasteiger partial charge in [-0.2, -0.15) is 0 Å². The Kier molecular flexibility index (Phi) is 7.81. The molecule has 3 amide bonds. The van der Waals surface area contributed by atoms with Gasteiger partial charge in [0.25, 0.3) is 0 Å². The quantitative estimate of drug-likeness (QED) is 0.260. The van der Waals surface area contributed by atoms with Crippen LogP contribution in [0.15, 0.2) is 0 Å². The number of hydrogen-bond donors (Lipinski definition) is 6. The number of amides is 3. The molecule has 19 heavy (non-hydrogen) atoms. The fourth-order valence-electron chi connectivity index (χ4n) is 0.975. The van der Waals surface area contributed by atoms with Gasteiger partial charge in [0, 0.05) is 0 Å². The van der Waals surface area contributed by atoms with E-state index in [-0.39, 0.29) is 6.54 Å². The Morgan fingerprint density at radius 1 is 1.05 bits per heavy atom. The molecule has 0 aromatic rings. The summed E-state index contributed by atoms with van der Waals surface area (Å²) in [4.78, 5) is 43.6. The number of carboxylic acids is 1. The van der Waals surface area contributed by atoms with E-state index in [4.69, 9.17) is 15.9 Å². The predicted molar refractivity (Wildman–Crippen MR) is 61.7 cm³/mol. The maximum atomic E-state index is 11.4. The molecule has 0 aromatic heterocycles. The Bertz CT molecular complexity index is 359. The lowest BCUT2D eigenvalue weighted by Gasteiger charge is -2.15. The lowest BCUT2D eigenvalue weighted by molar-refractivity contribution is -0.138. The first-order valence-electron chi connectivity index (χ1n) is 5.27. The van der Waals surface area contributed by atoms with Crippen LogP contribution in [0.1, 0.15) is 0 Å². The molecule has 7 N–H and O–H groups in total. The molecule has 0 bridgehead atoms. The lowest BCUT2D eigenvalue weighted by Crippen LogP contribution is -2.52. The van der Waals surface area contributed by atoms with Crippen LogP contribution in [0.5, 0.6) is 0 Å². The number of carbonyl (C=O) groups is 4. The van der Waals surface area contributed by atoms with Crippen LogP contribution < -0.4 is 21.7 Å². The summed E-state index contributed by atoms with van der Waals surface area (Å²) in [6, 6.07) is -1.22. The van der Waals surface area contributed by atoms with E-state index in [0.717, 1.165) is 0 Å². The molecule has 10 nitrogen and oxygen atoms in total. The van der Waals surface area contributed by atoms with E-state index in [0.29, 0.717) is 0 Å². The Labute approximate surface area is 108 Å². The van der Waals surface area contributed by atoms with E-state index >= 15 is 0 Å². The summed E-state index contributed by atoms with van der Waals surface area (Å²) < 4.78 is 0. The fraction of sp³-hybridized carbons (Fsp3) is 0.556. The molecule has 0 saturated carbocycles. The van der Waals surface area contributed by atoms with E-state index in [2.05, 4.69) is 10.6 Å². The van der Waals surface area contributed by atoms with Gasteiger partial charge in [-0.25, -0.2) is 0 Å². The van der Waals surface area contributed by atoms with Crippen molar-refractivity contribution in [3.05, 3.63) is 0 Å². The Hall–Kier alpha value is -2.20. The first-order valence-corrected chi connectivity index (χ1v) is 5.27. The van der Waals surface area contributed by atoms with Gasteiger partial charge in [-0.1, -0.05) is 0 Å². The van der Waals surface area contributed by atoms with Crippen molar-refractivity contribution in [3.63, 3.8) is 0 Å². The zero-order valence-electron chi connectivity index (χ0n) is 10.0. The number of nitrogens with one attached hydrogen (secondary N) is 3. The van der Waals surface area contributed by atoms with Crippen molar-refractivity contribution in [1.29, 1.82) is 0 Å². The summed E-state index contributed by atoms with van der Waals surface area (Å²) in [5, 5.41) is 23.5. The molecule has 0 radical (unpaired) electrons. The molecule has 10 heteroatoms. The summed E-state index contributed by atoms with van der Waals surface area (Å²) in [6.07, 6.45) is 0. The van der Waals surface area contributed by atoms with Crippen LogP contribution in [-0.4, -0.2) is 66.2 Å². The molecular weight excluding hydrogens is 260 g/mol. The van der Waals surface area contributed by atoms with E-state index in [1.807, 2.05) is 5.32 Å². The molecule has 0 fully saturated rings. The minimum absolute atomic E-state index is 0.344. The molecule has 0 spiro atoms. The molecule has 0 aliphatic carbocycles. The highest BCUT2D eigenvalue weighted by molar-refractivity contribution is 5.91. The number of carbonyl (C=O) groups excluding carboxylic acids is 3. The first-order chi connectivity index (χ1) is 8.90. The summed E-state index contributed by atoms with van der Waals surface area (Å²) >= 11 is 0. The van der Waals surface area contributed by atoms with Gasteiger partial charge in [0.15, 0.2) is 0 Å². The van der Waals surface area contributed by atoms with Gasteiger partial charge >= 0.3 is 5.97 Å². The second kappa shape index (κ2) is 8.83. The summed E-state index contributed by atoms with van der Waals surface area (Å²) in [7, 11) is 0. The summed E-state index contributed by atoms with van der Waals surface area (Å²) in [6.45, 7) is -2.04. The number of hydrogen-bond acceptors (Lipinski definition) is 6. The van der Waals surface area contributed by atoms with Crippen LogP contribution in [0.3, 0.4) is 0 Å². The predicted octanol–water partition coefficient (Wildman–Crippen LogP) is -4.26. The van der Waals surface area contributed by atoms with Crippen molar-refractivity contribution in [2.75, 3.05) is 26.2 Å². The lowest BCUT2D eigenvalue weighted by atomic mass is 10.3. The minimum Gasteiger partial charge on any atom is -0.480 e. The smallest absolute Gasteiger partial charge is 0.322 e. The van der Waals surface area contributed by atoms with Crippen LogP contribution in [0, 0.1) is 0 Å². The Balaban J connectivity index is 4.09. The molecular formula is C9H16N4O6. The van der Waals surface area contributed by atoms with Gasteiger partial charge in [-0.15, -0.1) is 0 Å². The van der Waals surface area contributed by atoms with Crippen molar-refractivity contribution in [2.24, 2.45) is 5.73 Å². The molecule has 0 aliphatic heterocycles. The van der Waals surface area contributed by atoms with Crippen LogP contribution in [0.2, 0.25) is 0 Å². The number of aliphatic hydroxyl groups is 1. The van der Waals surface area contributed by atoms with Crippen LogP contribution >= 0.6 is 0 Å². The third-order valence-corrected chi connectivity index (χ3v) is 1.88. The zero-order valence-corrected chi connectivity index (χ0v) is 10.0. The zero-order chi connectivity index (χ0) is 14.8.